The summed E-state index contributed by atoms with van der Waals surface area (Å²) < 4.78 is 6.03. The molecule has 5 atom stereocenters. The number of hydrogen-bond acceptors (Lipinski definition) is 5. The third-order valence-corrected chi connectivity index (χ3v) is 5.34. The van der Waals surface area contributed by atoms with E-state index in [0.29, 0.717) is 0 Å². The summed E-state index contributed by atoms with van der Waals surface area (Å²) in [4.78, 5) is 12.2. The first-order valence-corrected chi connectivity index (χ1v) is 7.91. The zero-order valence-corrected chi connectivity index (χ0v) is 13.8. The van der Waals surface area contributed by atoms with E-state index < -0.39 is 29.7 Å². The third kappa shape index (κ3) is 2.69. The van der Waals surface area contributed by atoms with Gasteiger partial charge < -0.3 is 24.5 Å². The largest absolute Gasteiger partial charge is 0.459 e. The van der Waals surface area contributed by atoms with Gasteiger partial charge in [-0.25, -0.2) is 4.79 Å². The summed E-state index contributed by atoms with van der Waals surface area (Å²) >= 11 is 0. The Morgan fingerprint density at radius 1 is 1.50 bits per heavy atom. The van der Waals surface area contributed by atoms with E-state index in [2.05, 4.69) is 7.05 Å². The number of aliphatic hydroxyl groups is 3. The molecule has 0 spiro atoms. The molecule has 22 heavy (non-hydrogen) atoms. The van der Waals surface area contributed by atoms with Crippen molar-refractivity contribution in [3.63, 3.8) is 0 Å². The molecule has 0 aliphatic carbocycles. The van der Waals surface area contributed by atoms with E-state index in [4.69, 9.17) is 4.74 Å². The van der Waals surface area contributed by atoms with Crippen LogP contribution in [0.1, 0.15) is 27.2 Å². The molecule has 1 unspecified atom stereocenters. The number of carbonyl (C=O) groups is 1. The highest BCUT2D eigenvalue weighted by Crippen LogP contribution is 2.35. The van der Waals surface area contributed by atoms with Gasteiger partial charge in [0.25, 0.3) is 0 Å². The van der Waals surface area contributed by atoms with Crippen LogP contribution >= 0.6 is 0 Å². The molecule has 2 aliphatic rings. The molecular formula is C16H28NO5+. The lowest BCUT2D eigenvalue weighted by molar-refractivity contribution is -0.906. The van der Waals surface area contributed by atoms with E-state index >= 15 is 0 Å². The second kappa shape index (κ2) is 5.92. The quantitative estimate of drug-likeness (QED) is 0.372. The second-order valence-electron chi connectivity index (χ2n) is 7.20. The highest BCUT2D eigenvalue weighted by atomic mass is 16.6. The summed E-state index contributed by atoms with van der Waals surface area (Å²) in [5.74, 6) is -1.28. The molecule has 0 bridgehead atoms. The van der Waals surface area contributed by atoms with Crippen LogP contribution in [0.15, 0.2) is 11.6 Å². The van der Waals surface area contributed by atoms with Gasteiger partial charge in [-0.2, -0.15) is 0 Å². The van der Waals surface area contributed by atoms with Crippen LogP contribution in [0.2, 0.25) is 0 Å². The van der Waals surface area contributed by atoms with Crippen molar-refractivity contribution in [1.29, 1.82) is 0 Å². The van der Waals surface area contributed by atoms with Gasteiger partial charge in [-0.1, -0.05) is 13.8 Å². The number of aliphatic hydroxyl groups excluding tert-OH is 2. The van der Waals surface area contributed by atoms with Crippen molar-refractivity contribution in [1.82, 2.24) is 0 Å². The minimum atomic E-state index is -1.91. The van der Waals surface area contributed by atoms with Crippen LogP contribution in [-0.4, -0.2) is 76.4 Å². The van der Waals surface area contributed by atoms with Crippen LogP contribution in [0.3, 0.4) is 0 Å². The molecule has 0 aromatic rings. The standard InChI is InChI=1S/C16H28NO5/c1-10(2)16(21,11(3)18)15(20)22-9-12-5-7-17(4)8-6-13(19)14(12)17/h5,10-11,13-14,18-19,21H,6-9H2,1-4H3/q+1/t11-,13-,14+,16-,17?/m1/s1. The Kier molecular flexibility index (Phi) is 4.69. The van der Waals surface area contributed by atoms with Gasteiger partial charge in [0.1, 0.15) is 18.8 Å². The van der Waals surface area contributed by atoms with E-state index in [1.165, 1.54) is 6.92 Å². The lowest BCUT2D eigenvalue weighted by Crippen LogP contribution is -2.54. The first-order chi connectivity index (χ1) is 10.1. The van der Waals surface area contributed by atoms with Gasteiger partial charge in [0.05, 0.1) is 26.2 Å². The fourth-order valence-electron chi connectivity index (χ4n) is 3.74. The molecule has 2 heterocycles. The summed E-state index contributed by atoms with van der Waals surface area (Å²) in [6, 6.07) is -0.0357. The lowest BCUT2D eigenvalue weighted by atomic mass is 9.85. The minimum absolute atomic E-state index is 0.0357. The number of ether oxygens (including phenoxy) is 1. The molecule has 6 heteroatoms. The van der Waals surface area contributed by atoms with Gasteiger partial charge >= 0.3 is 5.97 Å². The van der Waals surface area contributed by atoms with Crippen LogP contribution in [0.25, 0.3) is 0 Å². The van der Waals surface area contributed by atoms with Crippen LogP contribution < -0.4 is 0 Å². The predicted octanol–water partition coefficient (Wildman–Crippen LogP) is -0.183. The minimum Gasteiger partial charge on any atom is -0.459 e. The Balaban J connectivity index is 2.03. The van der Waals surface area contributed by atoms with E-state index in [0.717, 1.165) is 29.6 Å². The predicted molar refractivity (Wildman–Crippen MR) is 80.8 cm³/mol. The lowest BCUT2D eigenvalue weighted by Gasteiger charge is -2.33. The first-order valence-electron chi connectivity index (χ1n) is 7.91. The van der Waals surface area contributed by atoms with Crippen molar-refractivity contribution < 1.29 is 29.3 Å². The highest BCUT2D eigenvalue weighted by Gasteiger charge is 2.51. The van der Waals surface area contributed by atoms with Crippen molar-refractivity contribution >= 4 is 5.97 Å². The molecule has 0 aromatic carbocycles. The van der Waals surface area contributed by atoms with E-state index in [9.17, 15) is 20.1 Å². The maximum absolute atomic E-state index is 12.2. The van der Waals surface area contributed by atoms with Crippen LogP contribution in [-0.2, 0) is 9.53 Å². The average molecular weight is 314 g/mol. The van der Waals surface area contributed by atoms with Gasteiger partial charge in [0.15, 0.2) is 5.60 Å². The summed E-state index contributed by atoms with van der Waals surface area (Å²) in [5.41, 5.74) is -1.01. The van der Waals surface area contributed by atoms with Crippen LogP contribution in [0.4, 0.5) is 0 Å². The summed E-state index contributed by atoms with van der Waals surface area (Å²) in [5, 5.41) is 30.3. The fourth-order valence-corrected chi connectivity index (χ4v) is 3.74. The van der Waals surface area contributed by atoms with Gasteiger partial charge in [-0.3, -0.25) is 0 Å². The van der Waals surface area contributed by atoms with Crippen molar-refractivity contribution in [3.05, 3.63) is 11.6 Å². The number of nitrogens with zero attached hydrogens (tertiary/aromatic N) is 1. The molecule has 126 valence electrons. The molecule has 1 fully saturated rings. The summed E-state index contributed by atoms with van der Waals surface area (Å²) in [7, 11) is 2.09. The Morgan fingerprint density at radius 2 is 2.14 bits per heavy atom. The smallest absolute Gasteiger partial charge is 0.341 e. The molecule has 0 radical (unpaired) electrons. The molecular weight excluding hydrogens is 286 g/mol. The summed E-state index contributed by atoms with van der Waals surface area (Å²) in [6.45, 7) is 6.48. The topological polar surface area (TPSA) is 87.0 Å². The first kappa shape index (κ1) is 17.4. The second-order valence-corrected chi connectivity index (χ2v) is 7.20. The number of likely N-dealkylation sites (N-methyl/N-ethyl adjacent to an activating group) is 1. The SMILES string of the molecule is CC(C)[C@](O)(C(=O)OCC1=CC[N+]2(C)CC[C@@H](O)[C@H]12)[C@@H](C)O. The third-order valence-electron chi connectivity index (χ3n) is 5.34. The van der Waals surface area contributed by atoms with Crippen molar-refractivity contribution in [3.8, 4) is 0 Å². The van der Waals surface area contributed by atoms with E-state index in [-0.39, 0.29) is 12.6 Å². The number of carbonyl (C=O) groups excluding carboxylic acids is 1. The molecule has 0 saturated carbocycles. The normalized spacial score (nSPS) is 35.0. The molecule has 1 saturated heterocycles. The molecule has 2 aliphatic heterocycles. The number of esters is 1. The molecule has 0 aromatic heterocycles. The Bertz CT molecular complexity index is 465. The van der Waals surface area contributed by atoms with Crippen molar-refractivity contribution in [2.24, 2.45) is 5.92 Å². The number of hydrogen-bond donors (Lipinski definition) is 3. The number of fused-ring (bicyclic) bond motifs is 1. The van der Waals surface area contributed by atoms with Crippen molar-refractivity contribution in [2.75, 3.05) is 26.7 Å². The Morgan fingerprint density at radius 3 is 2.68 bits per heavy atom. The molecule has 2 rings (SSSR count). The maximum Gasteiger partial charge on any atom is 0.341 e. The Hall–Kier alpha value is -0.950. The molecule has 3 N–H and O–H groups in total. The van der Waals surface area contributed by atoms with E-state index in [1.54, 1.807) is 13.8 Å². The van der Waals surface area contributed by atoms with E-state index in [1.807, 2.05) is 6.08 Å². The number of rotatable bonds is 5. The van der Waals surface area contributed by atoms with Gasteiger partial charge in [-0.15, -0.1) is 0 Å². The van der Waals surface area contributed by atoms with Crippen LogP contribution in [0, 0.1) is 5.92 Å². The fraction of sp³-hybridized carbons (Fsp3) is 0.812. The summed E-state index contributed by atoms with van der Waals surface area (Å²) in [6.07, 6.45) is 1.13. The average Bonchev–Trinajstić information content (AvgIpc) is 2.92. The zero-order chi connectivity index (χ0) is 16.7. The highest BCUT2D eigenvalue weighted by molar-refractivity contribution is 5.80. The number of quaternary nitrogens is 1. The monoisotopic (exact) mass is 314 g/mol. The van der Waals surface area contributed by atoms with Crippen LogP contribution in [0.5, 0.6) is 0 Å². The molecule has 6 nitrogen and oxygen atoms in total. The van der Waals surface area contributed by atoms with Gasteiger partial charge in [0.2, 0.25) is 0 Å². The zero-order valence-electron chi connectivity index (χ0n) is 13.8. The van der Waals surface area contributed by atoms with Gasteiger partial charge in [-0.05, 0) is 18.9 Å². The Labute approximate surface area is 131 Å². The maximum atomic E-state index is 12.2. The van der Waals surface area contributed by atoms with Gasteiger partial charge in [0, 0.05) is 12.0 Å². The van der Waals surface area contributed by atoms with Crippen molar-refractivity contribution in [2.45, 2.75) is 51.0 Å². The molecule has 0 amide bonds.